The average molecular weight is 326 g/mol. The molecule has 5 heteroatoms. The molecule has 0 saturated carbocycles. The van der Waals surface area contributed by atoms with Crippen LogP contribution in [0.1, 0.15) is 29.8 Å². The van der Waals surface area contributed by atoms with Gasteiger partial charge in [0.25, 0.3) is 5.91 Å². The molecule has 2 aromatic carbocycles. The smallest absolute Gasteiger partial charge is 0.251 e. The van der Waals surface area contributed by atoms with Crippen LogP contribution in [0, 0.1) is 0 Å². The zero-order valence-corrected chi connectivity index (χ0v) is 14.1. The van der Waals surface area contributed by atoms with E-state index in [-0.39, 0.29) is 24.3 Å². The van der Waals surface area contributed by atoms with Crippen LogP contribution in [0.3, 0.4) is 0 Å². The molecule has 0 radical (unpaired) electrons. The summed E-state index contributed by atoms with van der Waals surface area (Å²) in [5.41, 5.74) is 2.13. The molecular formula is C19H22N2O3. The van der Waals surface area contributed by atoms with Gasteiger partial charge in [-0.25, -0.2) is 0 Å². The fourth-order valence-electron chi connectivity index (χ4n) is 2.18. The maximum absolute atomic E-state index is 12.1. The SMILES string of the molecule is COc1ccc(CC(=O)Nc2ccc(C(=O)NC(C)C)cc2)cc1. The fraction of sp³-hybridized carbons (Fsp3) is 0.263. The summed E-state index contributed by atoms with van der Waals surface area (Å²) in [5.74, 6) is 0.523. The second-order valence-corrected chi connectivity index (χ2v) is 5.78. The summed E-state index contributed by atoms with van der Waals surface area (Å²) >= 11 is 0. The molecular weight excluding hydrogens is 304 g/mol. The number of amides is 2. The van der Waals surface area contributed by atoms with Gasteiger partial charge in [-0.15, -0.1) is 0 Å². The van der Waals surface area contributed by atoms with Gasteiger partial charge in [0, 0.05) is 17.3 Å². The summed E-state index contributed by atoms with van der Waals surface area (Å²) in [6, 6.07) is 14.3. The zero-order chi connectivity index (χ0) is 17.5. The van der Waals surface area contributed by atoms with Crippen molar-refractivity contribution in [2.75, 3.05) is 12.4 Å². The minimum absolute atomic E-state index is 0.0846. The molecule has 0 heterocycles. The lowest BCUT2D eigenvalue weighted by molar-refractivity contribution is -0.115. The molecule has 0 spiro atoms. The monoisotopic (exact) mass is 326 g/mol. The number of carbonyl (C=O) groups is 2. The molecule has 2 N–H and O–H groups in total. The predicted octanol–water partition coefficient (Wildman–Crippen LogP) is 3.01. The Morgan fingerprint density at radius 1 is 1.00 bits per heavy atom. The number of hydrogen-bond donors (Lipinski definition) is 2. The Kier molecular flexibility index (Phi) is 5.95. The summed E-state index contributed by atoms with van der Waals surface area (Å²) in [6.45, 7) is 3.82. The minimum Gasteiger partial charge on any atom is -0.497 e. The number of ether oxygens (including phenoxy) is 1. The molecule has 24 heavy (non-hydrogen) atoms. The molecule has 2 rings (SSSR count). The highest BCUT2D eigenvalue weighted by Crippen LogP contribution is 2.13. The molecule has 0 fully saturated rings. The largest absolute Gasteiger partial charge is 0.497 e. The van der Waals surface area contributed by atoms with Gasteiger partial charge in [-0.1, -0.05) is 12.1 Å². The van der Waals surface area contributed by atoms with Gasteiger partial charge in [-0.3, -0.25) is 9.59 Å². The van der Waals surface area contributed by atoms with E-state index in [0.717, 1.165) is 11.3 Å². The van der Waals surface area contributed by atoms with Gasteiger partial charge in [-0.05, 0) is 55.8 Å². The molecule has 5 nitrogen and oxygen atoms in total. The first-order chi connectivity index (χ1) is 11.5. The van der Waals surface area contributed by atoms with Crippen LogP contribution in [0.5, 0.6) is 5.75 Å². The third kappa shape index (κ3) is 5.12. The van der Waals surface area contributed by atoms with Gasteiger partial charge in [-0.2, -0.15) is 0 Å². The van der Waals surface area contributed by atoms with E-state index in [1.54, 1.807) is 31.4 Å². The van der Waals surface area contributed by atoms with Crippen molar-refractivity contribution >= 4 is 17.5 Å². The molecule has 2 aromatic rings. The maximum Gasteiger partial charge on any atom is 0.251 e. The Morgan fingerprint density at radius 2 is 1.62 bits per heavy atom. The van der Waals surface area contributed by atoms with E-state index in [4.69, 9.17) is 4.74 Å². The van der Waals surface area contributed by atoms with E-state index in [0.29, 0.717) is 11.3 Å². The molecule has 0 atom stereocenters. The Morgan fingerprint density at radius 3 is 2.17 bits per heavy atom. The minimum atomic E-state index is -0.124. The van der Waals surface area contributed by atoms with Crippen LogP contribution < -0.4 is 15.4 Å². The highest BCUT2D eigenvalue weighted by atomic mass is 16.5. The van der Waals surface area contributed by atoms with Crippen LogP contribution in [0.2, 0.25) is 0 Å². The third-order valence-corrected chi connectivity index (χ3v) is 3.37. The molecule has 0 saturated heterocycles. The van der Waals surface area contributed by atoms with Crippen molar-refractivity contribution in [1.29, 1.82) is 0 Å². The van der Waals surface area contributed by atoms with Gasteiger partial charge >= 0.3 is 0 Å². The highest BCUT2D eigenvalue weighted by Gasteiger charge is 2.08. The Hall–Kier alpha value is -2.82. The van der Waals surface area contributed by atoms with Gasteiger partial charge in [0.1, 0.15) is 5.75 Å². The Balaban J connectivity index is 1.92. The van der Waals surface area contributed by atoms with Crippen molar-refractivity contribution in [3.05, 3.63) is 59.7 Å². The van der Waals surface area contributed by atoms with Crippen LogP contribution in [-0.2, 0) is 11.2 Å². The maximum atomic E-state index is 12.1. The van der Waals surface area contributed by atoms with Crippen LogP contribution in [0.15, 0.2) is 48.5 Å². The van der Waals surface area contributed by atoms with Crippen molar-refractivity contribution in [3.8, 4) is 5.75 Å². The first-order valence-electron chi connectivity index (χ1n) is 7.81. The van der Waals surface area contributed by atoms with Crippen molar-refractivity contribution in [2.45, 2.75) is 26.3 Å². The van der Waals surface area contributed by atoms with E-state index in [9.17, 15) is 9.59 Å². The van der Waals surface area contributed by atoms with Crippen molar-refractivity contribution in [2.24, 2.45) is 0 Å². The van der Waals surface area contributed by atoms with Gasteiger partial charge in [0.2, 0.25) is 5.91 Å². The lowest BCUT2D eigenvalue weighted by Crippen LogP contribution is -2.30. The second kappa shape index (κ2) is 8.15. The van der Waals surface area contributed by atoms with Crippen molar-refractivity contribution in [1.82, 2.24) is 5.32 Å². The number of rotatable bonds is 6. The molecule has 126 valence electrons. The number of carbonyl (C=O) groups excluding carboxylic acids is 2. The van der Waals surface area contributed by atoms with E-state index >= 15 is 0 Å². The van der Waals surface area contributed by atoms with Crippen LogP contribution >= 0.6 is 0 Å². The van der Waals surface area contributed by atoms with Crippen LogP contribution in [0.4, 0.5) is 5.69 Å². The standard InChI is InChI=1S/C19H22N2O3/c1-13(2)20-19(23)15-6-8-16(9-7-15)21-18(22)12-14-4-10-17(24-3)11-5-14/h4-11,13H,12H2,1-3H3,(H,20,23)(H,21,22). The van der Waals surface area contributed by atoms with Gasteiger partial charge in [0.05, 0.1) is 13.5 Å². The summed E-state index contributed by atoms with van der Waals surface area (Å²) in [4.78, 5) is 24.0. The normalized spacial score (nSPS) is 10.3. The fourth-order valence-corrected chi connectivity index (χ4v) is 2.18. The molecule has 0 aliphatic carbocycles. The van der Waals surface area contributed by atoms with E-state index < -0.39 is 0 Å². The molecule has 0 aliphatic heterocycles. The van der Waals surface area contributed by atoms with E-state index in [2.05, 4.69) is 10.6 Å². The summed E-state index contributed by atoms with van der Waals surface area (Å²) in [5, 5.41) is 5.65. The quantitative estimate of drug-likeness (QED) is 0.857. The van der Waals surface area contributed by atoms with Gasteiger partial charge < -0.3 is 15.4 Å². The summed E-state index contributed by atoms with van der Waals surface area (Å²) in [7, 11) is 1.60. The lowest BCUT2D eigenvalue weighted by atomic mass is 10.1. The zero-order valence-electron chi connectivity index (χ0n) is 14.1. The first-order valence-corrected chi connectivity index (χ1v) is 7.81. The Bertz CT molecular complexity index is 692. The lowest BCUT2D eigenvalue weighted by Gasteiger charge is -2.09. The molecule has 0 bridgehead atoms. The van der Waals surface area contributed by atoms with Crippen molar-refractivity contribution < 1.29 is 14.3 Å². The highest BCUT2D eigenvalue weighted by molar-refractivity contribution is 5.96. The molecule has 0 aliphatic rings. The molecule has 0 unspecified atom stereocenters. The Labute approximate surface area is 142 Å². The van der Waals surface area contributed by atoms with E-state index in [1.165, 1.54) is 0 Å². The average Bonchev–Trinajstić information content (AvgIpc) is 2.55. The predicted molar refractivity (Wildman–Crippen MR) is 94.4 cm³/mol. The number of hydrogen-bond acceptors (Lipinski definition) is 3. The number of benzene rings is 2. The molecule has 0 aromatic heterocycles. The third-order valence-electron chi connectivity index (χ3n) is 3.37. The summed E-state index contributed by atoms with van der Waals surface area (Å²) in [6.07, 6.45) is 0.277. The van der Waals surface area contributed by atoms with E-state index in [1.807, 2.05) is 38.1 Å². The summed E-state index contributed by atoms with van der Waals surface area (Å²) < 4.78 is 5.09. The van der Waals surface area contributed by atoms with Gasteiger partial charge in [0.15, 0.2) is 0 Å². The number of anilines is 1. The molecule has 2 amide bonds. The first kappa shape index (κ1) is 17.5. The number of nitrogens with one attached hydrogen (secondary N) is 2. The van der Waals surface area contributed by atoms with Crippen LogP contribution in [-0.4, -0.2) is 25.0 Å². The number of methoxy groups -OCH3 is 1. The topological polar surface area (TPSA) is 67.4 Å². The van der Waals surface area contributed by atoms with Crippen LogP contribution in [0.25, 0.3) is 0 Å². The second-order valence-electron chi connectivity index (χ2n) is 5.78. The van der Waals surface area contributed by atoms with Crippen molar-refractivity contribution in [3.63, 3.8) is 0 Å².